The highest BCUT2D eigenvalue weighted by molar-refractivity contribution is 7.93. The average Bonchev–Trinajstić information content (AvgIpc) is 2.79. The minimum atomic E-state index is -3.51. The van der Waals surface area contributed by atoms with Crippen LogP contribution in [0.5, 0.6) is 5.75 Å². The molecule has 0 unspecified atom stereocenters. The second kappa shape index (κ2) is 10.9. The van der Waals surface area contributed by atoms with Crippen molar-refractivity contribution in [3.05, 3.63) is 23.8 Å². The largest absolute Gasteiger partial charge is 0.491 e. The third-order valence-electron chi connectivity index (χ3n) is 6.48. The minimum Gasteiger partial charge on any atom is -0.491 e. The van der Waals surface area contributed by atoms with Gasteiger partial charge in [-0.2, -0.15) is 0 Å². The second-order valence-electron chi connectivity index (χ2n) is 9.18. The first-order valence-corrected chi connectivity index (χ1v) is 13.1. The number of hydrogen-bond acceptors (Lipinski definition) is 6. The SMILES string of the molecule is CO[C@@H]1CN(C)C(=O)c2cc(NS(=O)(=O)C3CCCCC3)ccc2OC[C@H](C)NC[C@@H]1C. The Bertz CT molecular complexity index is 886. The molecule has 32 heavy (non-hydrogen) atoms. The zero-order valence-electron chi connectivity index (χ0n) is 19.6. The van der Waals surface area contributed by atoms with E-state index in [4.69, 9.17) is 9.47 Å². The Morgan fingerprint density at radius 1 is 1.19 bits per heavy atom. The molecule has 2 aliphatic rings. The number of carbonyl (C=O) groups excluding carboxylic acids is 1. The summed E-state index contributed by atoms with van der Waals surface area (Å²) in [5.41, 5.74) is 0.723. The summed E-state index contributed by atoms with van der Waals surface area (Å²) in [6, 6.07) is 5.01. The van der Waals surface area contributed by atoms with Gasteiger partial charge in [0, 0.05) is 39.0 Å². The molecular formula is C23H37N3O5S. The molecule has 1 amide bonds. The Hall–Kier alpha value is -1.84. The molecule has 2 N–H and O–H groups in total. The van der Waals surface area contributed by atoms with E-state index >= 15 is 0 Å². The normalized spacial score (nSPS) is 26.4. The predicted molar refractivity (Wildman–Crippen MR) is 126 cm³/mol. The fraction of sp³-hybridized carbons (Fsp3) is 0.696. The molecule has 180 valence electrons. The fourth-order valence-corrected chi connectivity index (χ4v) is 5.92. The highest BCUT2D eigenvalue weighted by Crippen LogP contribution is 2.29. The van der Waals surface area contributed by atoms with E-state index in [0.717, 1.165) is 25.8 Å². The van der Waals surface area contributed by atoms with E-state index in [9.17, 15) is 13.2 Å². The Kier molecular flexibility index (Phi) is 8.41. The number of fused-ring (bicyclic) bond motifs is 1. The van der Waals surface area contributed by atoms with E-state index < -0.39 is 10.0 Å². The molecule has 1 aliphatic carbocycles. The molecule has 1 aliphatic heterocycles. The Balaban J connectivity index is 1.88. The maximum Gasteiger partial charge on any atom is 0.257 e. The van der Waals surface area contributed by atoms with Crippen LogP contribution < -0.4 is 14.8 Å². The molecule has 0 radical (unpaired) electrons. The molecule has 1 aromatic rings. The average molecular weight is 468 g/mol. The van der Waals surface area contributed by atoms with Crippen molar-refractivity contribution in [3.8, 4) is 5.75 Å². The van der Waals surface area contributed by atoms with Gasteiger partial charge in [0.25, 0.3) is 5.91 Å². The van der Waals surface area contributed by atoms with E-state index in [0.29, 0.717) is 43.0 Å². The number of ether oxygens (including phenoxy) is 2. The summed E-state index contributed by atoms with van der Waals surface area (Å²) in [5, 5.41) is 3.06. The van der Waals surface area contributed by atoms with E-state index in [2.05, 4.69) is 17.0 Å². The van der Waals surface area contributed by atoms with Gasteiger partial charge in [-0.15, -0.1) is 0 Å². The molecule has 8 nitrogen and oxygen atoms in total. The monoisotopic (exact) mass is 467 g/mol. The summed E-state index contributed by atoms with van der Waals surface area (Å²) in [4.78, 5) is 14.9. The van der Waals surface area contributed by atoms with Crippen LogP contribution in [0.4, 0.5) is 5.69 Å². The Labute approximate surface area is 192 Å². The molecule has 3 atom stereocenters. The lowest BCUT2D eigenvalue weighted by atomic mass is 10.0. The van der Waals surface area contributed by atoms with Crippen molar-refractivity contribution in [2.75, 3.05) is 38.6 Å². The van der Waals surface area contributed by atoms with Crippen LogP contribution >= 0.6 is 0 Å². The number of likely N-dealkylation sites (N-methyl/N-ethyl adjacent to an activating group) is 1. The molecule has 0 spiro atoms. The molecule has 1 heterocycles. The van der Waals surface area contributed by atoms with E-state index in [1.807, 2.05) is 6.92 Å². The summed E-state index contributed by atoms with van der Waals surface area (Å²) in [6.45, 7) is 5.68. The topological polar surface area (TPSA) is 97.0 Å². The maximum absolute atomic E-state index is 13.3. The molecule has 0 aromatic heterocycles. The summed E-state index contributed by atoms with van der Waals surface area (Å²) in [5.74, 6) is 0.415. The highest BCUT2D eigenvalue weighted by atomic mass is 32.2. The number of benzene rings is 1. The van der Waals surface area contributed by atoms with Crippen LogP contribution in [0.3, 0.4) is 0 Å². The first kappa shape index (κ1) is 24.8. The van der Waals surface area contributed by atoms with Crippen LogP contribution in [-0.4, -0.2) is 70.5 Å². The molecule has 0 bridgehead atoms. The molecule has 1 aromatic carbocycles. The summed E-state index contributed by atoms with van der Waals surface area (Å²) < 4.78 is 40.1. The fourth-order valence-electron chi connectivity index (χ4n) is 4.35. The lowest BCUT2D eigenvalue weighted by Gasteiger charge is -2.30. The summed E-state index contributed by atoms with van der Waals surface area (Å²) in [7, 11) is -0.124. The van der Waals surface area contributed by atoms with Gasteiger partial charge >= 0.3 is 0 Å². The van der Waals surface area contributed by atoms with Gasteiger partial charge in [0.15, 0.2) is 0 Å². The van der Waals surface area contributed by atoms with Crippen LogP contribution in [0.2, 0.25) is 0 Å². The summed E-state index contributed by atoms with van der Waals surface area (Å²) >= 11 is 0. The number of amides is 1. The Morgan fingerprint density at radius 3 is 2.59 bits per heavy atom. The van der Waals surface area contributed by atoms with Gasteiger partial charge in [-0.05, 0) is 43.9 Å². The van der Waals surface area contributed by atoms with Crippen LogP contribution in [-0.2, 0) is 14.8 Å². The molecule has 3 rings (SSSR count). The number of methoxy groups -OCH3 is 1. The van der Waals surface area contributed by atoms with Gasteiger partial charge in [-0.1, -0.05) is 26.2 Å². The van der Waals surface area contributed by atoms with Gasteiger partial charge in [-0.25, -0.2) is 8.42 Å². The van der Waals surface area contributed by atoms with Crippen LogP contribution in [0.1, 0.15) is 56.3 Å². The maximum atomic E-state index is 13.3. The summed E-state index contributed by atoms with van der Waals surface area (Å²) in [6.07, 6.45) is 4.16. The molecule has 0 saturated heterocycles. The van der Waals surface area contributed by atoms with Crippen LogP contribution in [0.25, 0.3) is 0 Å². The van der Waals surface area contributed by atoms with E-state index in [1.54, 1.807) is 37.3 Å². The van der Waals surface area contributed by atoms with E-state index in [1.165, 1.54) is 0 Å². The van der Waals surface area contributed by atoms with Crippen molar-refractivity contribution in [1.29, 1.82) is 0 Å². The number of nitrogens with one attached hydrogen (secondary N) is 2. The standard InChI is InChI=1S/C23H37N3O5S/c1-16-13-24-17(2)15-31-21-11-10-18(25-32(28,29)19-8-6-5-7-9-19)12-20(21)23(27)26(3)14-22(16)30-4/h10-12,16-17,19,22,24-25H,5-9,13-15H2,1-4H3/t16-,17-,22+/m0/s1. The van der Waals surface area contributed by atoms with E-state index in [-0.39, 0.29) is 29.2 Å². The zero-order chi connectivity index (χ0) is 23.3. The number of anilines is 1. The minimum absolute atomic E-state index is 0.0829. The van der Waals surface area contributed by atoms with Gasteiger partial charge < -0.3 is 19.7 Å². The van der Waals surface area contributed by atoms with Crippen molar-refractivity contribution in [2.24, 2.45) is 5.92 Å². The van der Waals surface area contributed by atoms with Crippen molar-refractivity contribution >= 4 is 21.6 Å². The first-order valence-electron chi connectivity index (χ1n) is 11.5. The second-order valence-corrected chi connectivity index (χ2v) is 11.1. The Morgan fingerprint density at radius 2 is 1.91 bits per heavy atom. The van der Waals surface area contributed by atoms with Gasteiger partial charge in [0.1, 0.15) is 12.4 Å². The quantitative estimate of drug-likeness (QED) is 0.707. The molecule has 1 fully saturated rings. The highest BCUT2D eigenvalue weighted by Gasteiger charge is 2.29. The van der Waals surface area contributed by atoms with Crippen LogP contribution in [0.15, 0.2) is 18.2 Å². The van der Waals surface area contributed by atoms with Gasteiger partial charge in [0.2, 0.25) is 10.0 Å². The number of rotatable bonds is 4. The lowest BCUT2D eigenvalue weighted by molar-refractivity contribution is 0.0281. The first-order chi connectivity index (χ1) is 15.2. The predicted octanol–water partition coefficient (Wildman–Crippen LogP) is 2.85. The van der Waals surface area contributed by atoms with Gasteiger partial charge in [0.05, 0.1) is 16.9 Å². The lowest BCUT2D eigenvalue weighted by Crippen LogP contribution is -2.44. The zero-order valence-corrected chi connectivity index (χ0v) is 20.4. The molecule has 9 heteroatoms. The number of sulfonamides is 1. The van der Waals surface area contributed by atoms with Crippen molar-refractivity contribution < 1.29 is 22.7 Å². The van der Waals surface area contributed by atoms with Crippen molar-refractivity contribution in [2.45, 2.75) is 63.3 Å². The molecule has 1 saturated carbocycles. The third kappa shape index (κ3) is 6.14. The van der Waals surface area contributed by atoms with Gasteiger partial charge in [-0.3, -0.25) is 9.52 Å². The molecular weight excluding hydrogens is 430 g/mol. The number of nitrogens with zero attached hydrogens (tertiary/aromatic N) is 1. The third-order valence-corrected chi connectivity index (χ3v) is 8.35. The number of carbonyl (C=O) groups is 1. The van der Waals surface area contributed by atoms with Crippen molar-refractivity contribution in [3.63, 3.8) is 0 Å². The smallest absolute Gasteiger partial charge is 0.257 e. The number of hydrogen-bond donors (Lipinski definition) is 2. The van der Waals surface area contributed by atoms with Crippen molar-refractivity contribution in [1.82, 2.24) is 10.2 Å². The van der Waals surface area contributed by atoms with Crippen LogP contribution in [0, 0.1) is 5.92 Å².